The van der Waals surface area contributed by atoms with Crippen molar-refractivity contribution >= 4 is 33.2 Å². The van der Waals surface area contributed by atoms with Crippen LogP contribution in [0.4, 0.5) is 5.69 Å². The molecule has 0 aliphatic carbocycles. The molecule has 2 aromatic carbocycles. The summed E-state index contributed by atoms with van der Waals surface area (Å²) in [5.41, 5.74) is 2.71. The Morgan fingerprint density at radius 2 is 1.93 bits per heavy atom. The topological polar surface area (TPSA) is 84.9 Å². The van der Waals surface area contributed by atoms with Crippen molar-refractivity contribution < 1.29 is 22.7 Å². The molecule has 29 heavy (non-hydrogen) atoms. The average Bonchev–Trinajstić information content (AvgIpc) is 2.71. The van der Waals surface area contributed by atoms with E-state index in [1.807, 2.05) is 26.0 Å². The summed E-state index contributed by atoms with van der Waals surface area (Å²) in [6.07, 6.45) is 0. The van der Waals surface area contributed by atoms with Crippen LogP contribution in [0.1, 0.15) is 11.1 Å². The van der Waals surface area contributed by atoms with Crippen molar-refractivity contribution in [2.24, 2.45) is 0 Å². The average molecular weight is 439 g/mol. The van der Waals surface area contributed by atoms with Crippen molar-refractivity contribution in [1.82, 2.24) is 4.31 Å². The van der Waals surface area contributed by atoms with E-state index in [9.17, 15) is 13.2 Å². The number of benzene rings is 2. The third kappa shape index (κ3) is 5.08. The van der Waals surface area contributed by atoms with Crippen molar-refractivity contribution in [3.8, 4) is 5.75 Å². The van der Waals surface area contributed by atoms with Gasteiger partial charge >= 0.3 is 0 Å². The fourth-order valence-corrected chi connectivity index (χ4v) is 4.75. The van der Waals surface area contributed by atoms with Crippen LogP contribution in [0.2, 0.25) is 5.02 Å². The predicted molar refractivity (Wildman–Crippen MR) is 111 cm³/mol. The Kier molecular flexibility index (Phi) is 6.79. The number of nitrogens with one attached hydrogen (secondary N) is 1. The molecule has 0 saturated carbocycles. The Balaban J connectivity index is 1.76. The van der Waals surface area contributed by atoms with Crippen LogP contribution in [0, 0.1) is 13.8 Å². The summed E-state index contributed by atoms with van der Waals surface area (Å²) in [6, 6.07) is 9.93. The molecule has 0 atom stereocenters. The zero-order chi connectivity index (χ0) is 21.0. The Labute approximate surface area is 175 Å². The van der Waals surface area contributed by atoms with Crippen molar-refractivity contribution in [2.75, 3.05) is 38.2 Å². The number of hydrogen-bond acceptors (Lipinski definition) is 5. The molecule has 156 valence electrons. The second kappa shape index (κ2) is 9.13. The van der Waals surface area contributed by atoms with Gasteiger partial charge in [-0.1, -0.05) is 23.7 Å². The van der Waals surface area contributed by atoms with Gasteiger partial charge in [-0.15, -0.1) is 0 Å². The number of aryl methyl sites for hydroxylation is 1. The number of carbonyl (C=O) groups is 1. The van der Waals surface area contributed by atoms with Gasteiger partial charge in [0.25, 0.3) is 5.91 Å². The first-order valence-corrected chi connectivity index (χ1v) is 11.0. The molecular formula is C20H23ClN2O5S. The molecule has 3 rings (SSSR count). The number of morpholine rings is 1. The minimum atomic E-state index is -3.82. The van der Waals surface area contributed by atoms with Gasteiger partial charge in [-0.3, -0.25) is 4.79 Å². The van der Waals surface area contributed by atoms with Gasteiger partial charge in [-0.05, 0) is 49.2 Å². The molecule has 1 saturated heterocycles. The Bertz CT molecular complexity index is 1000. The third-order valence-corrected chi connectivity index (χ3v) is 6.89. The van der Waals surface area contributed by atoms with E-state index in [4.69, 9.17) is 21.1 Å². The number of amides is 1. The molecule has 2 aromatic rings. The van der Waals surface area contributed by atoms with Crippen molar-refractivity contribution in [2.45, 2.75) is 18.7 Å². The summed E-state index contributed by atoms with van der Waals surface area (Å²) in [7, 11) is -3.82. The van der Waals surface area contributed by atoms with Crippen LogP contribution in [0.25, 0.3) is 0 Å². The van der Waals surface area contributed by atoms with Crippen LogP contribution >= 0.6 is 11.6 Å². The highest BCUT2D eigenvalue weighted by molar-refractivity contribution is 7.89. The maximum Gasteiger partial charge on any atom is 0.262 e. The molecule has 9 heteroatoms. The van der Waals surface area contributed by atoms with Gasteiger partial charge in [-0.25, -0.2) is 8.42 Å². The molecule has 0 radical (unpaired) electrons. The number of anilines is 1. The van der Waals surface area contributed by atoms with Crippen LogP contribution in [-0.2, 0) is 19.6 Å². The number of halogens is 1. The SMILES string of the molecule is Cc1cccc(NC(=O)COc2ccc(Cl)cc2S(=O)(=O)N2CCOCC2)c1C. The Morgan fingerprint density at radius 3 is 2.66 bits per heavy atom. The lowest BCUT2D eigenvalue weighted by Crippen LogP contribution is -2.40. The lowest BCUT2D eigenvalue weighted by molar-refractivity contribution is -0.118. The van der Waals surface area contributed by atoms with Gasteiger partial charge < -0.3 is 14.8 Å². The zero-order valence-electron chi connectivity index (χ0n) is 16.3. The lowest BCUT2D eigenvalue weighted by atomic mass is 10.1. The minimum absolute atomic E-state index is 0.0635. The first kappa shape index (κ1) is 21.6. The van der Waals surface area contributed by atoms with E-state index >= 15 is 0 Å². The van der Waals surface area contributed by atoms with Crippen molar-refractivity contribution in [1.29, 1.82) is 0 Å². The number of ether oxygens (including phenoxy) is 2. The van der Waals surface area contributed by atoms with Crippen LogP contribution in [0.5, 0.6) is 5.75 Å². The van der Waals surface area contributed by atoms with E-state index in [1.54, 1.807) is 6.07 Å². The summed E-state index contributed by atoms with van der Waals surface area (Å²) >= 11 is 6.02. The molecule has 0 bridgehead atoms. The number of sulfonamides is 1. The van der Waals surface area contributed by atoms with Crippen LogP contribution < -0.4 is 10.1 Å². The van der Waals surface area contributed by atoms with Gasteiger partial charge in [0, 0.05) is 23.8 Å². The van der Waals surface area contributed by atoms with Gasteiger partial charge in [0.2, 0.25) is 10.0 Å². The molecule has 7 nitrogen and oxygen atoms in total. The van der Waals surface area contributed by atoms with E-state index < -0.39 is 10.0 Å². The monoisotopic (exact) mass is 438 g/mol. The standard InChI is InChI=1S/C20H23ClN2O5S/c1-14-4-3-5-17(15(14)2)22-20(24)13-28-18-7-6-16(21)12-19(18)29(25,26)23-8-10-27-11-9-23/h3-7,12H,8-11,13H2,1-2H3,(H,22,24). The molecule has 1 aliphatic heterocycles. The molecule has 0 unspecified atom stereocenters. The fourth-order valence-electron chi connectivity index (χ4n) is 2.94. The maximum atomic E-state index is 13.0. The van der Waals surface area contributed by atoms with Crippen molar-refractivity contribution in [3.05, 3.63) is 52.5 Å². The van der Waals surface area contributed by atoms with Gasteiger partial charge in [0.1, 0.15) is 10.6 Å². The van der Waals surface area contributed by atoms with Gasteiger partial charge in [-0.2, -0.15) is 4.31 Å². The number of nitrogens with zero attached hydrogens (tertiary/aromatic N) is 1. The smallest absolute Gasteiger partial charge is 0.262 e. The number of hydrogen-bond donors (Lipinski definition) is 1. The summed E-state index contributed by atoms with van der Waals surface area (Å²) in [5, 5.41) is 3.06. The minimum Gasteiger partial charge on any atom is -0.482 e. The Hall–Kier alpha value is -2.13. The number of rotatable bonds is 6. The molecule has 0 aromatic heterocycles. The maximum absolute atomic E-state index is 13.0. The Morgan fingerprint density at radius 1 is 1.21 bits per heavy atom. The van der Waals surface area contributed by atoms with E-state index in [2.05, 4.69) is 5.32 Å². The summed E-state index contributed by atoms with van der Waals surface area (Å²) in [6.45, 7) is 4.70. The van der Waals surface area contributed by atoms with Crippen LogP contribution in [-0.4, -0.2) is 51.5 Å². The highest BCUT2D eigenvalue weighted by Gasteiger charge is 2.29. The second-order valence-corrected chi connectivity index (χ2v) is 9.03. The van der Waals surface area contributed by atoms with E-state index in [-0.39, 0.29) is 41.3 Å². The predicted octanol–water partition coefficient (Wildman–Crippen LogP) is 3.00. The zero-order valence-corrected chi connectivity index (χ0v) is 17.8. The van der Waals surface area contributed by atoms with Gasteiger partial charge in [0.15, 0.2) is 6.61 Å². The summed E-state index contributed by atoms with van der Waals surface area (Å²) in [4.78, 5) is 12.3. The quantitative estimate of drug-likeness (QED) is 0.749. The first-order chi connectivity index (χ1) is 13.8. The highest BCUT2D eigenvalue weighted by atomic mass is 35.5. The molecule has 1 N–H and O–H groups in total. The second-order valence-electron chi connectivity index (χ2n) is 6.69. The largest absolute Gasteiger partial charge is 0.482 e. The molecule has 1 amide bonds. The van der Waals surface area contributed by atoms with Crippen LogP contribution in [0.15, 0.2) is 41.3 Å². The normalized spacial score (nSPS) is 15.1. The molecule has 1 aliphatic rings. The van der Waals surface area contributed by atoms with E-state index in [1.165, 1.54) is 22.5 Å². The lowest BCUT2D eigenvalue weighted by Gasteiger charge is -2.26. The number of carbonyl (C=O) groups excluding carboxylic acids is 1. The molecule has 1 heterocycles. The summed E-state index contributed by atoms with van der Waals surface area (Å²) < 4.78 is 38.1. The van der Waals surface area contributed by atoms with Gasteiger partial charge in [0.05, 0.1) is 13.2 Å². The highest BCUT2D eigenvalue weighted by Crippen LogP contribution is 2.30. The van der Waals surface area contributed by atoms with Crippen molar-refractivity contribution in [3.63, 3.8) is 0 Å². The van der Waals surface area contributed by atoms with E-state index in [0.717, 1.165) is 11.1 Å². The first-order valence-electron chi connectivity index (χ1n) is 9.15. The molecule has 1 fully saturated rings. The fraction of sp³-hybridized carbons (Fsp3) is 0.350. The summed E-state index contributed by atoms with van der Waals surface area (Å²) in [5.74, 6) is -0.305. The van der Waals surface area contributed by atoms with Crippen LogP contribution in [0.3, 0.4) is 0 Å². The molecular weight excluding hydrogens is 416 g/mol. The molecule has 0 spiro atoms. The van der Waals surface area contributed by atoms with E-state index in [0.29, 0.717) is 18.9 Å². The third-order valence-electron chi connectivity index (χ3n) is 4.73.